The van der Waals surface area contributed by atoms with Crippen molar-refractivity contribution in [2.45, 2.75) is 93.3 Å². The summed E-state index contributed by atoms with van der Waals surface area (Å²) in [4.78, 5) is 42.8. The van der Waals surface area contributed by atoms with Crippen LogP contribution in [-0.2, 0) is 29.5 Å². The van der Waals surface area contributed by atoms with Gasteiger partial charge in [-0.05, 0) is 48.7 Å². The van der Waals surface area contributed by atoms with Gasteiger partial charge >= 0.3 is 0 Å². The number of amides is 3. The summed E-state index contributed by atoms with van der Waals surface area (Å²) in [6, 6.07) is 12.3. The predicted molar refractivity (Wildman–Crippen MR) is 179 cm³/mol. The molecule has 0 aliphatic carbocycles. The lowest BCUT2D eigenvalue weighted by Gasteiger charge is -2.37. The number of methoxy groups -OCH3 is 1. The van der Waals surface area contributed by atoms with Gasteiger partial charge in [-0.2, -0.15) is 0 Å². The first-order chi connectivity index (χ1) is 23.2. The molecule has 1 spiro atoms. The average molecular weight is 700 g/mol. The fourth-order valence-electron chi connectivity index (χ4n) is 8.34. The van der Waals surface area contributed by atoms with E-state index in [4.69, 9.17) is 14.2 Å². The average Bonchev–Trinajstić information content (AvgIpc) is 3.76. The van der Waals surface area contributed by atoms with Gasteiger partial charge in [0.05, 0.1) is 40.4 Å². The predicted octanol–water partition coefficient (Wildman–Crippen LogP) is -0.0249. The number of aliphatic hydroxyl groups is 5. The molecule has 2 aromatic rings. The maximum absolute atomic E-state index is 14.1. The molecule has 7 N–H and O–H groups in total. The molecular formula is C34H45N3O11Si. The molecule has 15 heteroatoms. The van der Waals surface area contributed by atoms with Crippen LogP contribution in [0.1, 0.15) is 31.7 Å². The van der Waals surface area contributed by atoms with Gasteiger partial charge in [0.15, 0.2) is 18.0 Å². The van der Waals surface area contributed by atoms with Crippen LogP contribution in [0.2, 0.25) is 18.6 Å². The highest BCUT2D eigenvalue weighted by Crippen LogP contribution is 2.59. The molecule has 4 heterocycles. The van der Waals surface area contributed by atoms with Crippen molar-refractivity contribution in [3.8, 4) is 5.75 Å². The second-order valence-corrected chi connectivity index (χ2v) is 18.7. The highest BCUT2D eigenvalue weighted by molar-refractivity contribution is 6.91. The maximum Gasteiger partial charge on any atom is 0.261 e. The Hall–Kier alpha value is -3.41. The molecule has 10 atom stereocenters. The molecule has 0 aromatic heterocycles. The Balaban J connectivity index is 1.35. The first-order valence-electron chi connectivity index (χ1n) is 16.6. The van der Waals surface area contributed by atoms with E-state index in [1.807, 2.05) is 31.2 Å². The first kappa shape index (κ1) is 35.4. The number of aliphatic hydroxyl groups excluding tert-OH is 5. The molecule has 0 saturated carbocycles. The summed E-state index contributed by atoms with van der Waals surface area (Å²) in [5, 5.41) is 56.8. The number of rotatable bonds is 8. The Kier molecular flexibility index (Phi) is 9.67. The third-order valence-corrected chi connectivity index (χ3v) is 15.3. The molecule has 0 radical (unpaired) electrons. The van der Waals surface area contributed by atoms with E-state index in [0.29, 0.717) is 23.5 Å². The van der Waals surface area contributed by atoms with Gasteiger partial charge in [-0.3, -0.25) is 14.4 Å². The molecule has 14 nitrogen and oxygen atoms in total. The Labute approximate surface area is 285 Å². The standard InChI is InChI=1S/C34H45N3O11Si/c1-17-30(49(3,4)21-10-8-20(46-2)9-11-21)24(15-25(39)37-13-5-6-19(37)16-38)48-34(17)22-14-18(7-12-23(22)36-33(34)45)35-31(43)29-27(41)26(40)28(42)32(44)47-29/h7-12,14,17,19,24,26-30,32,38,40-42,44H,5-6,13,15-16H2,1-4H3,(H,35,43)(H,36,45)/t17-,19-,24+,26-,27-,28+,29-,30-,32+,34+/m0/s1. The molecule has 3 saturated heterocycles. The Morgan fingerprint density at radius 3 is 2.47 bits per heavy atom. The van der Waals surface area contributed by atoms with Crippen molar-refractivity contribution in [1.82, 2.24) is 4.90 Å². The van der Waals surface area contributed by atoms with Crippen LogP contribution in [0.25, 0.3) is 0 Å². The minimum atomic E-state index is -2.54. The van der Waals surface area contributed by atoms with Gasteiger partial charge in [0.1, 0.15) is 24.1 Å². The van der Waals surface area contributed by atoms with Gasteiger partial charge in [-0.1, -0.05) is 37.3 Å². The van der Waals surface area contributed by atoms with Crippen LogP contribution in [0.5, 0.6) is 5.75 Å². The molecule has 3 amide bonds. The molecule has 4 aliphatic rings. The van der Waals surface area contributed by atoms with Crippen molar-refractivity contribution in [3.05, 3.63) is 48.0 Å². The lowest BCUT2D eigenvalue weighted by Crippen LogP contribution is -2.60. The van der Waals surface area contributed by atoms with E-state index in [0.717, 1.165) is 18.0 Å². The monoisotopic (exact) mass is 699 g/mol. The van der Waals surface area contributed by atoms with E-state index in [1.54, 1.807) is 30.2 Å². The Morgan fingerprint density at radius 2 is 1.80 bits per heavy atom. The minimum Gasteiger partial charge on any atom is -0.497 e. The summed E-state index contributed by atoms with van der Waals surface area (Å²) in [6.07, 6.45) is -8.13. The number of nitrogens with one attached hydrogen (secondary N) is 2. The van der Waals surface area contributed by atoms with Crippen LogP contribution in [-0.4, -0.2) is 119 Å². The molecule has 266 valence electrons. The van der Waals surface area contributed by atoms with Gasteiger partial charge in [0.25, 0.3) is 11.8 Å². The van der Waals surface area contributed by atoms with Crippen LogP contribution in [0, 0.1) is 5.92 Å². The van der Waals surface area contributed by atoms with Crippen LogP contribution in [0.4, 0.5) is 11.4 Å². The Morgan fingerprint density at radius 1 is 1.08 bits per heavy atom. The maximum atomic E-state index is 14.1. The number of carbonyl (C=O) groups is 3. The fourth-order valence-corrected chi connectivity index (χ4v) is 12.4. The van der Waals surface area contributed by atoms with Gasteiger partial charge in [0.2, 0.25) is 5.91 Å². The minimum absolute atomic E-state index is 0.0201. The number of hydrogen-bond donors (Lipinski definition) is 7. The Bertz CT molecular complexity index is 1590. The molecule has 4 aliphatic heterocycles. The van der Waals surface area contributed by atoms with Crippen LogP contribution in [0.3, 0.4) is 0 Å². The normalized spacial score (nSPS) is 34.2. The van der Waals surface area contributed by atoms with E-state index in [1.165, 1.54) is 0 Å². The van der Waals surface area contributed by atoms with Crippen LogP contribution >= 0.6 is 0 Å². The van der Waals surface area contributed by atoms with Gasteiger partial charge in [0, 0.05) is 29.4 Å². The second kappa shape index (κ2) is 13.4. The zero-order valence-corrected chi connectivity index (χ0v) is 28.9. The highest BCUT2D eigenvalue weighted by atomic mass is 28.3. The highest BCUT2D eigenvalue weighted by Gasteiger charge is 2.65. The zero-order valence-electron chi connectivity index (χ0n) is 27.9. The molecule has 0 bridgehead atoms. The summed E-state index contributed by atoms with van der Waals surface area (Å²) in [7, 11) is -0.936. The molecule has 49 heavy (non-hydrogen) atoms. The van der Waals surface area contributed by atoms with Gasteiger partial charge < -0.3 is 55.3 Å². The van der Waals surface area contributed by atoms with Crippen molar-refractivity contribution in [2.24, 2.45) is 5.92 Å². The largest absolute Gasteiger partial charge is 0.497 e. The summed E-state index contributed by atoms with van der Waals surface area (Å²) < 4.78 is 17.4. The fraction of sp³-hybridized carbons (Fsp3) is 0.559. The molecule has 6 rings (SSSR count). The number of benzene rings is 2. The van der Waals surface area contributed by atoms with Gasteiger partial charge in [-0.15, -0.1) is 0 Å². The number of ether oxygens (including phenoxy) is 3. The second-order valence-electron chi connectivity index (χ2n) is 14.0. The van der Waals surface area contributed by atoms with E-state index >= 15 is 0 Å². The number of nitrogens with zero attached hydrogens (tertiary/aromatic N) is 1. The van der Waals surface area contributed by atoms with E-state index in [9.17, 15) is 39.9 Å². The summed E-state index contributed by atoms with van der Waals surface area (Å²) in [5.74, 6) is -1.14. The van der Waals surface area contributed by atoms with Crippen molar-refractivity contribution in [3.63, 3.8) is 0 Å². The topological polar surface area (TPSA) is 207 Å². The SMILES string of the molecule is COc1ccc([Si](C)(C)[C@@H]2[C@@H](CC(=O)N3CCC[C@H]3CO)O[C@]3(C(=O)Nc4ccc(NC(=O)[C@H]5O[C@@H](O)[C@H](O)[C@@H](O)[C@@H]5O)cc43)[C@H]2C)cc1. The lowest BCUT2D eigenvalue weighted by molar-refractivity contribution is -0.274. The van der Waals surface area contributed by atoms with Crippen molar-refractivity contribution < 1.29 is 54.1 Å². The summed E-state index contributed by atoms with van der Waals surface area (Å²) >= 11 is 0. The quantitative estimate of drug-likeness (QED) is 0.182. The lowest BCUT2D eigenvalue weighted by atomic mass is 9.82. The van der Waals surface area contributed by atoms with Crippen molar-refractivity contribution in [2.75, 3.05) is 30.9 Å². The van der Waals surface area contributed by atoms with Gasteiger partial charge in [-0.25, -0.2) is 0 Å². The van der Waals surface area contributed by atoms with Crippen molar-refractivity contribution in [1.29, 1.82) is 0 Å². The number of hydrogen-bond acceptors (Lipinski definition) is 11. The number of fused-ring (bicyclic) bond motifs is 2. The zero-order chi connectivity index (χ0) is 35.4. The molecule has 3 fully saturated rings. The number of anilines is 2. The molecule has 2 aromatic carbocycles. The summed E-state index contributed by atoms with van der Waals surface area (Å²) in [6.45, 7) is 6.77. The number of carbonyl (C=O) groups excluding carboxylic acids is 3. The van der Waals surface area contributed by atoms with Crippen LogP contribution < -0.4 is 20.6 Å². The van der Waals surface area contributed by atoms with E-state index in [2.05, 4.69) is 23.7 Å². The van der Waals surface area contributed by atoms with Crippen molar-refractivity contribution >= 4 is 42.4 Å². The number of likely N-dealkylation sites (tertiary alicyclic amines) is 1. The smallest absolute Gasteiger partial charge is 0.261 e. The van der Waals surface area contributed by atoms with Crippen LogP contribution in [0.15, 0.2) is 42.5 Å². The van der Waals surface area contributed by atoms with E-state index < -0.39 is 68.2 Å². The third-order valence-electron chi connectivity index (χ3n) is 11.0. The molecular weight excluding hydrogens is 654 g/mol. The van der Waals surface area contributed by atoms with E-state index in [-0.39, 0.29) is 36.2 Å². The summed E-state index contributed by atoms with van der Waals surface area (Å²) in [5.41, 5.74) is -0.562. The third kappa shape index (κ3) is 5.95. The first-order valence-corrected chi connectivity index (χ1v) is 19.7. The molecule has 0 unspecified atom stereocenters.